The molecule has 0 aromatic heterocycles. The van der Waals surface area contributed by atoms with Crippen LogP contribution in [0, 0.1) is 13.8 Å². The Morgan fingerprint density at radius 1 is 0.722 bits per heavy atom. The third-order valence-electron chi connectivity index (χ3n) is 3.01. The Morgan fingerprint density at radius 3 is 1.33 bits per heavy atom. The number of benzene rings is 2. The molecular weight excluding hydrogens is 356 g/mol. The van der Waals surface area contributed by atoms with Crippen molar-refractivity contribution < 1.29 is 0 Å². The largest absolute Gasteiger partial charge is 0.398 e. The Hall–Kier alpha value is -1.00. The van der Waals surface area contributed by atoms with Gasteiger partial charge in [0.1, 0.15) is 0 Å². The molecule has 18 heavy (non-hydrogen) atoms. The third-order valence-corrected chi connectivity index (χ3v) is 4.32. The fourth-order valence-electron chi connectivity index (χ4n) is 1.84. The quantitative estimate of drug-likeness (QED) is 0.718. The number of nitrogen functional groups attached to an aromatic ring is 2. The van der Waals surface area contributed by atoms with Crippen LogP contribution in [0.25, 0.3) is 11.1 Å². The van der Waals surface area contributed by atoms with Gasteiger partial charge in [-0.15, -0.1) is 0 Å². The second-order valence-electron chi connectivity index (χ2n) is 4.38. The first kappa shape index (κ1) is 13.4. The molecule has 0 radical (unpaired) electrons. The maximum Gasteiger partial charge on any atom is 0.0488 e. The molecule has 0 saturated carbocycles. The van der Waals surface area contributed by atoms with Crippen molar-refractivity contribution in [3.63, 3.8) is 0 Å². The predicted octanol–water partition coefficient (Wildman–Crippen LogP) is 4.66. The van der Waals surface area contributed by atoms with Crippen molar-refractivity contribution in [3.8, 4) is 11.1 Å². The highest BCUT2D eigenvalue weighted by atomic mass is 79.9. The highest BCUT2D eigenvalue weighted by Gasteiger charge is 2.08. The fourth-order valence-corrected chi connectivity index (χ4v) is 2.96. The Balaban J connectivity index is 2.63. The van der Waals surface area contributed by atoms with E-state index in [0.717, 1.165) is 42.6 Å². The summed E-state index contributed by atoms with van der Waals surface area (Å²) in [6.07, 6.45) is 0. The van der Waals surface area contributed by atoms with Crippen LogP contribution < -0.4 is 11.5 Å². The average molecular weight is 370 g/mol. The normalized spacial score (nSPS) is 10.7. The number of aryl methyl sites for hydroxylation is 2. The molecule has 0 aliphatic heterocycles. The molecule has 0 aliphatic rings. The second kappa shape index (κ2) is 4.94. The molecule has 4 N–H and O–H groups in total. The standard InChI is InChI=1S/C14H14Br2N2/c1-7-3-9(5-11(15)13(7)17)10-4-8(2)14(18)12(16)6-10/h3-6H,17-18H2,1-2H3. The van der Waals surface area contributed by atoms with Crippen molar-refractivity contribution in [2.45, 2.75) is 13.8 Å². The van der Waals surface area contributed by atoms with Gasteiger partial charge in [0.05, 0.1) is 0 Å². The molecule has 2 aromatic rings. The van der Waals surface area contributed by atoms with Gasteiger partial charge < -0.3 is 11.5 Å². The summed E-state index contributed by atoms with van der Waals surface area (Å²) in [7, 11) is 0. The summed E-state index contributed by atoms with van der Waals surface area (Å²) in [6.45, 7) is 4.01. The van der Waals surface area contributed by atoms with Crippen molar-refractivity contribution >= 4 is 43.2 Å². The van der Waals surface area contributed by atoms with E-state index in [4.69, 9.17) is 11.5 Å². The molecule has 0 amide bonds. The second-order valence-corrected chi connectivity index (χ2v) is 6.09. The number of rotatable bonds is 1. The lowest BCUT2D eigenvalue weighted by atomic mass is 10.0. The summed E-state index contributed by atoms with van der Waals surface area (Å²) in [4.78, 5) is 0. The highest BCUT2D eigenvalue weighted by molar-refractivity contribution is 9.11. The van der Waals surface area contributed by atoms with E-state index in [0.29, 0.717) is 0 Å². The van der Waals surface area contributed by atoms with Gasteiger partial charge in [-0.05, 0) is 92.2 Å². The summed E-state index contributed by atoms with van der Waals surface area (Å²) in [5, 5.41) is 0. The van der Waals surface area contributed by atoms with E-state index in [1.165, 1.54) is 0 Å². The van der Waals surface area contributed by atoms with Crippen molar-refractivity contribution in [1.82, 2.24) is 0 Å². The zero-order chi connectivity index (χ0) is 13.4. The average Bonchev–Trinajstić information content (AvgIpc) is 2.31. The molecule has 2 nitrogen and oxygen atoms in total. The van der Waals surface area contributed by atoms with Gasteiger partial charge in [-0.1, -0.05) is 0 Å². The van der Waals surface area contributed by atoms with Crippen LogP contribution in [0.1, 0.15) is 11.1 Å². The van der Waals surface area contributed by atoms with E-state index in [2.05, 4.69) is 44.0 Å². The van der Waals surface area contributed by atoms with Crippen molar-refractivity contribution in [1.29, 1.82) is 0 Å². The van der Waals surface area contributed by atoms with E-state index in [-0.39, 0.29) is 0 Å². The first-order valence-corrected chi connectivity index (χ1v) is 7.10. The number of nitrogens with two attached hydrogens (primary N) is 2. The van der Waals surface area contributed by atoms with Crippen LogP contribution in [0.15, 0.2) is 33.2 Å². The van der Waals surface area contributed by atoms with E-state index < -0.39 is 0 Å². The van der Waals surface area contributed by atoms with E-state index >= 15 is 0 Å². The zero-order valence-corrected chi connectivity index (χ0v) is 13.4. The molecule has 94 valence electrons. The monoisotopic (exact) mass is 368 g/mol. The van der Waals surface area contributed by atoms with Gasteiger partial charge in [0.25, 0.3) is 0 Å². The van der Waals surface area contributed by atoms with Crippen LogP contribution >= 0.6 is 31.9 Å². The maximum absolute atomic E-state index is 5.94. The maximum atomic E-state index is 5.94. The molecule has 0 unspecified atom stereocenters. The van der Waals surface area contributed by atoms with Crippen molar-refractivity contribution in [3.05, 3.63) is 44.3 Å². The number of halogens is 2. The molecule has 0 heterocycles. The first-order valence-electron chi connectivity index (χ1n) is 5.51. The lowest BCUT2D eigenvalue weighted by Crippen LogP contribution is -1.94. The van der Waals surface area contributed by atoms with Gasteiger partial charge in [-0.3, -0.25) is 0 Å². The Kier molecular flexibility index (Phi) is 3.69. The van der Waals surface area contributed by atoms with Crippen molar-refractivity contribution in [2.75, 3.05) is 11.5 Å². The molecule has 0 bridgehead atoms. The minimum absolute atomic E-state index is 0.782. The number of hydrogen-bond acceptors (Lipinski definition) is 2. The summed E-state index contributed by atoms with van der Waals surface area (Å²) in [5.41, 5.74) is 17.8. The first-order chi connectivity index (χ1) is 8.40. The van der Waals surface area contributed by atoms with Crippen molar-refractivity contribution in [2.24, 2.45) is 0 Å². The third kappa shape index (κ3) is 2.40. The van der Waals surface area contributed by atoms with Gasteiger partial charge in [0.2, 0.25) is 0 Å². The molecule has 2 rings (SSSR count). The smallest absolute Gasteiger partial charge is 0.0488 e. The van der Waals surface area contributed by atoms with Gasteiger partial charge in [-0.25, -0.2) is 0 Å². The minimum Gasteiger partial charge on any atom is -0.398 e. The van der Waals surface area contributed by atoms with Crippen LogP contribution in [0.2, 0.25) is 0 Å². The molecule has 2 aromatic carbocycles. The van der Waals surface area contributed by atoms with E-state index in [9.17, 15) is 0 Å². The highest BCUT2D eigenvalue weighted by Crippen LogP contribution is 2.34. The summed E-state index contributed by atoms with van der Waals surface area (Å²) >= 11 is 6.97. The van der Waals surface area contributed by atoms with Gasteiger partial charge >= 0.3 is 0 Å². The minimum atomic E-state index is 0.782. The predicted molar refractivity (Wildman–Crippen MR) is 85.6 cm³/mol. The lowest BCUT2D eigenvalue weighted by Gasteiger charge is -2.11. The molecular formula is C14H14Br2N2. The number of hydrogen-bond donors (Lipinski definition) is 2. The Labute approximate surface area is 124 Å². The summed E-state index contributed by atoms with van der Waals surface area (Å²) in [5.74, 6) is 0. The Bertz CT molecular complexity index is 520. The van der Waals surface area contributed by atoms with Gasteiger partial charge in [0.15, 0.2) is 0 Å². The summed E-state index contributed by atoms with van der Waals surface area (Å²) in [6, 6.07) is 8.22. The van der Waals surface area contributed by atoms with Crippen LogP contribution in [-0.4, -0.2) is 0 Å². The molecule has 4 heteroatoms. The van der Waals surface area contributed by atoms with Crippen LogP contribution in [-0.2, 0) is 0 Å². The van der Waals surface area contributed by atoms with Crippen LogP contribution in [0.3, 0.4) is 0 Å². The zero-order valence-electron chi connectivity index (χ0n) is 10.2. The fraction of sp³-hybridized carbons (Fsp3) is 0.143. The molecule has 0 aliphatic carbocycles. The van der Waals surface area contributed by atoms with E-state index in [1.807, 2.05) is 26.0 Å². The van der Waals surface area contributed by atoms with Crippen LogP contribution in [0.4, 0.5) is 11.4 Å². The van der Waals surface area contributed by atoms with Gasteiger partial charge in [-0.2, -0.15) is 0 Å². The SMILES string of the molecule is Cc1cc(-c2cc(C)c(N)c(Br)c2)cc(Br)c1N. The topological polar surface area (TPSA) is 52.0 Å². The van der Waals surface area contributed by atoms with Crippen LogP contribution in [0.5, 0.6) is 0 Å². The number of anilines is 2. The lowest BCUT2D eigenvalue weighted by molar-refractivity contribution is 1.42. The molecule has 0 atom stereocenters. The molecule has 0 fully saturated rings. The Morgan fingerprint density at radius 2 is 1.06 bits per heavy atom. The molecule has 0 saturated heterocycles. The molecule has 0 spiro atoms. The van der Waals surface area contributed by atoms with E-state index in [1.54, 1.807) is 0 Å². The summed E-state index contributed by atoms with van der Waals surface area (Å²) < 4.78 is 1.84. The van der Waals surface area contributed by atoms with Gasteiger partial charge in [0, 0.05) is 20.3 Å².